The maximum absolute atomic E-state index is 12.8. The van der Waals surface area contributed by atoms with Crippen molar-refractivity contribution < 1.29 is 14.3 Å². The summed E-state index contributed by atoms with van der Waals surface area (Å²) in [5.74, 6) is 1.87. The number of carbonyl (C=O) groups excluding carboxylic acids is 1. The number of rotatable bonds is 10. The molecule has 1 aromatic heterocycles. The van der Waals surface area contributed by atoms with Crippen LogP contribution in [0.3, 0.4) is 0 Å². The summed E-state index contributed by atoms with van der Waals surface area (Å²) in [5.41, 5.74) is 0. The van der Waals surface area contributed by atoms with Crippen LogP contribution < -0.4 is 9.64 Å². The van der Waals surface area contributed by atoms with Gasteiger partial charge in [0.05, 0.1) is 12.9 Å². The fraction of sp³-hybridized carbons (Fsp3) is 0.368. The lowest BCUT2D eigenvalue weighted by molar-refractivity contribution is -0.116. The van der Waals surface area contributed by atoms with Crippen molar-refractivity contribution in [3.05, 3.63) is 47.1 Å². The van der Waals surface area contributed by atoms with Crippen LogP contribution in [0.4, 0.5) is 5.82 Å². The fourth-order valence-electron chi connectivity index (χ4n) is 2.31. The first-order valence-corrected chi connectivity index (χ1v) is 10.1. The molecule has 0 bridgehead atoms. The van der Waals surface area contributed by atoms with Crippen LogP contribution in [0.2, 0.25) is 0 Å². The van der Waals surface area contributed by atoms with Crippen LogP contribution in [0.5, 0.6) is 5.75 Å². The van der Waals surface area contributed by atoms with Crippen molar-refractivity contribution in [2.45, 2.75) is 17.7 Å². The van der Waals surface area contributed by atoms with Crippen LogP contribution in [0.15, 0.2) is 52.0 Å². The number of carbonyl (C=O) groups is 1. The maximum atomic E-state index is 12.8. The van der Waals surface area contributed by atoms with E-state index in [2.05, 4.69) is 20.9 Å². The number of halogens is 1. The van der Waals surface area contributed by atoms with Gasteiger partial charge in [-0.1, -0.05) is 0 Å². The van der Waals surface area contributed by atoms with Gasteiger partial charge in [0.15, 0.2) is 0 Å². The first-order chi connectivity index (χ1) is 12.6. The van der Waals surface area contributed by atoms with E-state index in [0.717, 1.165) is 28.0 Å². The molecule has 140 valence electrons. The van der Waals surface area contributed by atoms with E-state index in [1.165, 1.54) is 11.8 Å². The number of nitrogens with zero attached hydrogens (tertiary/aromatic N) is 2. The van der Waals surface area contributed by atoms with Gasteiger partial charge in [0.25, 0.3) is 0 Å². The minimum Gasteiger partial charge on any atom is -0.497 e. The highest BCUT2D eigenvalue weighted by Gasteiger charge is 2.17. The molecule has 0 saturated heterocycles. The van der Waals surface area contributed by atoms with Crippen LogP contribution in [0, 0.1) is 0 Å². The Hall–Kier alpha value is -1.57. The smallest absolute Gasteiger partial charge is 0.238 e. The molecule has 1 heterocycles. The van der Waals surface area contributed by atoms with Gasteiger partial charge in [-0.25, -0.2) is 4.98 Å². The van der Waals surface area contributed by atoms with Gasteiger partial charge in [0.2, 0.25) is 5.91 Å². The lowest BCUT2D eigenvalue weighted by atomic mass is 10.3. The summed E-state index contributed by atoms with van der Waals surface area (Å²) in [4.78, 5) is 19.9. The van der Waals surface area contributed by atoms with Crippen LogP contribution in [-0.2, 0) is 9.53 Å². The lowest BCUT2D eigenvalue weighted by Gasteiger charge is -2.21. The number of hydrogen-bond donors (Lipinski definition) is 0. The number of unbranched alkanes of at least 4 members (excludes halogenated alkanes) is 1. The highest BCUT2D eigenvalue weighted by Crippen LogP contribution is 2.23. The summed E-state index contributed by atoms with van der Waals surface area (Å²) < 4.78 is 11.1. The number of thioether (sulfide) groups is 1. The van der Waals surface area contributed by atoms with E-state index >= 15 is 0 Å². The molecule has 26 heavy (non-hydrogen) atoms. The Morgan fingerprint density at radius 3 is 2.54 bits per heavy atom. The Balaban J connectivity index is 1.99. The molecule has 1 amide bonds. The normalized spacial score (nSPS) is 10.6. The first kappa shape index (κ1) is 20.7. The molecular weight excluding hydrogens is 416 g/mol. The van der Waals surface area contributed by atoms with Crippen LogP contribution >= 0.6 is 27.7 Å². The van der Waals surface area contributed by atoms with Crippen LogP contribution in [-0.4, -0.2) is 44.0 Å². The molecule has 0 N–H and O–H groups in total. The number of hydrogen-bond acceptors (Lipinski definition) is 5. The molecule has 0 aliphatic carbocycles. The number of anilines is 1. The van der Waals surface area contributed by atoms with E-state index in [1.54, 1.807) is 25.3 Å². The lowest BCUT2D eigenvalue weighted by Crippen LogP contribution is -2.34. The monoisotopic (exact) mass is 438 g/mol. The molecule has 7 heteroatoms. The Labute approximate surface area is 167 Å². The third-order valence-corrected chi connectivity index (χ3v) is 5.16. The number of aromatic nitrogens is 1. The van der Waals surface area contributed by atoms with Gasteiger partial charge in [-0.05, 0) is 65.2 Å². The number of ether oxygens (including phenoxy) is 2. The summed E-state index contributed by atoms with van der Waals surface area (Å²) in [7, 11) is 3.32. The summed E-state index contributed by atoms with van der Waals surface area (Å²) in [6, 6.07) is 11.5. The standard InChI is InChI=1S/C19H23BrN2O3S/c1-24-12-4-3-11-22(18-10-5-15(20)13-21-18)19(23)14-26-17-8-6-16(25-2)7-9-17/h5-10,13H,3-4,11-12,14H2,1-2H3. The van der Waals surface area contributed by atoms with E-state index in [-0.39, 0.29) is 5.91 Å². The van der Waals surface area contributed by atoms with Gasteiger partial charge >= 0.3 is 0 Å². The average Bonchev–Trinajstić information content (AvgIpc) is 2.67. The minimum absolute atomic E-state index is 0.0399. The van der Waals surface area contributed by atoms with Crippen LogP contribution in [0.1, 0.15) is 12.8 Å². The average molecular weight is 439 g/mol. The van der Waals surface area contributed by atoms with E-state index in [1.807, 2.05) is 36.4 Å². The van der Waals surface area contributed by atoms with Crippen molar-refractivity contribution in [3.63, 3.8) is 0 Å². The molecule has 5 nitrogen and oxygen atoms in total. The first-order valence-electron chi connectivity index (χ1n) is 8.31. The highest BCUT2D eigenvalue weighted by atomic mass is 79.9. The molecular formula is C19H23BrN2O3S. The molecule has 0 aliphatic rings. The second kappa shape index (κ2) is 11.2. The van der Waals surface area contributed by atoms with Crippen molar-refractivity contribution in [1.82, 2.24) is 4.98 Å². The zero-order valence-electron chi connectivity index (χ0n) is 15.0. The summed E-state index contributed by atoms with van der Waals surface area (Å²) >= 11 is 4.89. The van der Waals surface area contributed by atoms with Crippen molar-refractivity contribution in [3.8, 4) is 5.75 Å². The van der Waals surface area contributed by atoms with Crippen LogP contribution in [0.25, 0.3) is 0 Å². The Morgan fingerprint density at radius 1 is 1.15 bits per heavy atom. The van der Waals surface area contributed by atoms with Gasteiger partial charge in [0, 0.05) is 35.8 Å². The molecule has 0 saturated carbocycles. The van der Waals surface area contributed by atoms with Gasteiger partial charge in [-0.2, -0.15) is 0 Å². The van der Waals surface area contributed by atoms with Crippen molar-refractivity contribution in [1.29, 1.82) is 0 Å². The molecule has 0 spiro atoms. The predicted molar refractivity (Wildman–Crippen MR) is 109 cm³/mol. The quantitative estimate of drug-likeness (QED) is 0.406. The van der Waals surface area contributed by atoms with Gasteiger partial charge in [0.1, 0.15) is 11.6 Å². The van der Waals surface area contributed by atoms with Gasteiger partial charge in [-0.15, -0.1) is 11.8 Å². The third kappa shape index (κ3) is 6.63. The van der Waals surface area contributed by atoms with E-state index in [4.69, 9.17) is 9.47 Å². The zero-order valence-corrected chi connectivity index (χ0v) is 17.4. The second-order valence-electron chi connectivity index (χ2n) is 5.54. The van der Waals surface area contributed by atoms with Crippen molar-refractivity contribution in [2.75, 3.05) is 38.0 Å². The molecule has 0 atom stereocenters. The van der Waals surface area contributed by atoms with Crippen molar-refractivity contribution in [2.24, 2.45) is 0 Å². The Kier molecular flexibility index (Phi) is 8.94. The molecule has 0 fully saturated rings. The molecule has 0 radical (unpaired) electrons. The van der Waals surface area contributed by atoms with E-state index in [9.17, 15) is 4.79 Å². The highest BCUT2D eigenvalue weighted by molar-refractivity contribution is 9.10. The molecule has 2 rings (SSSR count). The van der Waals surface area contributed by atoms with Crippen molar-refractivity contribution >= 4 is 39.4 Å². The Morgan fingerprint density at radius 2 is 1.92 bits per heavy atom. The fourth-order valence-corrected chi connectivity index (χ4v) is 3.32. The molecule has 0 aliphatic heterocycles. The summed E-state index contributed by atoms with van der Waals surface area (Å²) in [6.45, 7) is 1.32. The maximum Gasteiger partial charge on any atom is 0.238 e. The van der Waals surface area contributed by atoms with E-state index in [0.29, 0.717) is 24.7 Å². The number of amides is 1. The minimum atomic E-state index is 0.0399. The molecule has 1 aromatic carbocycles. The second-order valence-corrected chi connectivity index (χ2v) is 7.51. The zero-order chi connectivity index (χ0) is 18.8. The summed E-state index contributed by atoms with van der Waals surface area (Å²) in [5, 5.41) is 0. The van der Waals surface area contributed by atoms with E-state index < -0.39 is 0 Å². The molecule has 0 unspecified atom stereocenters. The number of benzene rings is 1. The largest absolute Gasteiger partial charge is 0.497 e. The predicted octanol–water partition coefficient (Wildman–Crippen LogP) is 4.40. The number of pyridine rings is 1. The van der Waals surface area contributed by atoms with Gasteiger partial charge < -0.3 is 9.47 Å². The topological polar surface area (TPSA) is 51.7 Å². The summed E-state index contributed by atoms with van der Waals surface area (Å²) in [6.07, 6.45) is 3.48. The third-order valence-electron chi connectivity index (χ3n) is 3.69. The SMILES string of the molecule is COCCCCN(C(=O)CSc1ccc(OC)cc1)c1ccc(Br)cn1. The molecule has 2 aromatic rings. The number of methoxy groups -OCH3 is 2. The van der Waals surface area contributed by atoms with Gasteiger partial charge in [-0.3, -0.25) is 9.69 Å². The Bertz CT molecular complexity index is 680.